The molecule has 0 amide bonds. The number of benzene rings is 1. The summed E-state index contributed by atoms with van der Waals surface area (Å²) in [6, 6.07) is 6.89. The number of hydrogen-bond donors (Lipinski definition) is 0. The molecule has 0 N–H and O–H groups in total. The lowest BCUT2D eigenvalue weighted by atomic mass is 10.2. The summed E-state index contributed by atoms with van der Waals surface area (Å²) < 4.78 is 11.3. The first-order valence-electron chi connectivity index (χ1n) is 5.58. The zero-order valence-corrected chi connectivity index (χ0v) is 10.2. The van der Waals surface area contributed by atoms with Gasteiger partial charge in [0.25, 0.3) is 0 Å². The van der Waals surface area contributed by atoms with Crippen LogP contribution in [0.3, 0.4) is 0 Å². The second kappa shape index (κ2) is 4.91. The summed E-state index contributed by atoms with van der Waals surface area (Å²) in [5.41, 5.74) is 0.646. The van der Waals surface area contributed by atoms with Crippen molar-refractivity contribution < 1.29 is 19.1 Å². The maximum atomic E-state index is 11.7. The highest BCUT2D eigenvalue weighted by molar-refractivity contribution is 5.90. The van der Waals surface area contributed by atoms with Gasteiger partial charge >= 0.3 is 12.1 Å². The molecule has 5 heteroatoms. The molecule has 0 fully saturated rings. The minimum absolute atomic E-state index is 0.308. The van der Waals surface area contributed by atoms with E-state index in [-0.39, 0.29) is 0 Å². The van der Waals surface area contributed by atoms with E-state index in [1.54, 1.807) is 37.4 Å². The number of esters is 1. The molecule has 0 radical (unpaired) electrons. The summed E-state index contributed by atoms with van der Waals surface area (Å²) in [6.45, 7) is 3.38. The van der Waals surface area contributed by atoms with Crippen molar-refractivity contribution in [2.24, 2.45) is 0 Å². The molecule has 2 aromatic rings. The first-order valence-corrected chi connectivity index (χ1v) is 5.58. The molecule has 0 aliphatic rings. The fraction of sp³-hybridized carbons (Fsp3) is 0.231. The van der Waals surface area contributed by atoms with Crippen LogP contribution in [-0.4, -0.2) is 23.2 Å². The molecule has 1 aromatic carbocycles. The second-order valence-corrected chi connectivity index (χ2v) is 3.70. The van der Waals surface area contributed by atoms with Crippen LogP contribution in [0.4, 0.5) is 4.79 Å². The lowest BCUT2D eigenvalue weighted by Gasteiger charge is -2.05. The Balaban J connectivity index is 2.43. The smallest absolute Gasteiger partial charge is 0.418 e. The molecule has 0 unspecified atom stereocenters. The fourth-order valence-electron chi connectivity index (χ4n) is 1.69. The summed E-state index contributed by atoms with van der Waals surface area (Å²) in [6.07, 6.45) is 1.17. The Kier molecular flexibility index (Phi) is 3.32. The lowest BCUT2D eigenvalue weighted by Crippen LogP contribution is -2.12. The van der Waals surface area contributed by atoms with Gasteiger partial charge in [0, 0.05) is 24.6 Å². The standard InChI is InChI=1S/C13H13NO4/c1-3-17-13(16)14-7-6-10-4-5-11(8-12(10)14)18-9(2)15/h4-8H,3H2,1-2H3. The average Bonchev–Trinajstić information content (AvgIpc) is 2.71. The Morgan fingerprint density at radius 2 is 2.06 bits per heavy atom. The van der Waals surface area contributed by atoms with Crippen LogP contribution in [0.2, 0.25) is 0 Å². The minimum atomic E-state index is -0.451. The first-order chi connectivity index (χ1) is 8.61. The highest BCUT2D eigenvalue weighted by Gasteiger charge is 2.10. The number of fused-ring (bicyclic) bond motifs is 1. The molecule has 1 aromatic heterocycles. The van der Waals surface area contributed by atoms with Crippen molar-refractivity contribution >= 4 is 23.0 Å². The van der Waals surface area contributed by atoms with Gasteiger partial charge in [-0.05, 0) is 25.1 Å². The monoisotopic (exact) mass is 247 g/mol. The van der Waals surface area contributed by atoms with Gasteiger partial charge in [-0.3, -0.25) is 9.36 Å². The van der Waals surface area contributed by atoms with Crippen LogP contribution < -0.4 is 4.74 Å². The molecule has 94 valence electrons. The molecule has 0 atom stereocenters. The molecule has 18 heavy (non-hydrogen) atoms. The van der Waals surface area contributed by atoms with Crippen molar-refractivity contribution in [2.45, 2.75) is 13.8 Å². The van der Waals surface area contributed by atoms with Crippen molar-refractivity contribution in [3.8, 4) is 5.75 Å². The Bertz CT molecular complexity index is 600. The maximum absolute atomic E-state index is 11.7. The van der Waals surface area contributed by atoms with Crippen LogP contribution in [0.1, 0.15) is 13.8 Å². The molecule has 0 saturated carbocycles. The predicted octanol–water partition coefficient (Wildman–Crippen LogP) is 2.57. The molecule has 0 spiro atoms. The van der Waals surface area contributed by atoms with Gasteiger partial charge < -0.3 is 9.47 Å². The number of nitrogens with zero attached hydrogens (tertiary/aromatic N) is 1. The Labute approximate surface area is 104 Å². The third-order valence-electron chi connectivity index (χ3n) is 2.39. The van der Waals surface area contributed by atoms with E-state index in [4.69, 9.17) is 9.47 Å². The van der Waals surface area contributed by atoms with E-state index >= 15 is 0 Å². The van der Waals surface area contributed by atoms with Gasteiger partial charge in [0.15, 0.2) is 0 Å². The summed E-state index contributed by atoms with van der Waals surface area (Å²) in [7, 11) is 0. The normalized spacial score (nSPS) is 10.3. The van der Waals surface area contributed by atoms with Crippen LogP contribution in [0.25, 0.3) is 10.9 Å². The Hall–Kier alpha value is -2.30. The van der Waals surface area contributed by atoms with Gasteiger partial charge in [0.2, 0.25) is 0 Å². The zero-order chi connectivity index (χ0) is 13.1. The summed E-state index contributed by atoms with van der Waals surface area (Å²) in [4.78, 5) is 22.6. The van der Waals surface area contributed by atoms with Gasteiger partial charge in [-0.2, -0.15) is 0 Å². The largest absolute Gasteiger partial charge is 0.449 e. The SMILES string of the molecule is CCOC(=O)n1ccc2ccc(OC(C)=O)cc21. The zero-order valence-electron chi connectivity index (χ0n) is 10.2. The highest BCUT2D eigenvalue weighted by atomic mass is 16.5. The van der Waals surface area contributed by atoms with Crippen molar-refractivity contribution in [3.05, 3.63) is 30.5 Å². The van der Waals surface area contributed by atoms with Gasteiger partial charge in [-0.1, -0.05) is 0 Å². The van der Waals surface area contributed by atoms with E-state index in [0.717, 1.165) is 5.39 Å². The summed E-state index contributed by atoms with van der Waals surface area (Å²) >= 11 is 0. The Morgan fingerprint density at radius 1 is 1.28 bits per heavy atom. The molecule has 0 aliphatic carbocycles. The number of ether oxygens (including phenoxy) is 2. The van der Waals surface area contributed by atoms with Crippen molar-refractivity contribution in [1.82, 2.24) is 4.57 Å². The second-order valence-electron chi connectivity index (χ2n) is 3.70. The topological polar surface area (TPSA) is 57.5 Å². The van der Waals surface area contributed by atoms with Crippen LogP contribution >= 0.6 is 0 Å². The number of carbonyl (C=O) groups excluding carboxylic acids is 2. The van der Waals surface area contributed by atoms with Crippen molar-refractivity contribution in [3.63, 3.8) is 0 Å². The third kappa shape index (κ3) is 2.34. The average molecular weight is 247 g/mol. The molecule has 0 aliphatic heterocycles. The Morgan fingerprint density at radius 3 is 2.72 bits per heavy atom. The van der Waals surface area contributed by atoms with Gasteiger partial charge in [0.05, 0.1) is 12.1 Å². The van der Waals surface area contributed by atoms with Gasteiger partial charge in [-0.25, -0.2) is 4.79 Å². The lowest BCUT2D eigenvalue weighted by molar-refractivity contribution is -0.131. The number of rotatable bonds is 2. The number of carbonyl (C=O) groups is 2. The van der Waals surface area contributed by atoms with E-state index < -0.39 is 12.1 Å². The fourth-order valence-corrected chi connectivity index (χ4v) is 1.69. The van der Waals surface area contributed by atoms with E-state index in [9.17, 15) is 9.59 Å². The first kappa shape index (κ1) is 12.2. The number of aromatic nitrogens is 1. The van der Waals surface area contributed by atoms with E-state index in [2.05, 4.69) is 0 Å². The van der Waals surface area contributed by atoms with E-state index in [1.165, 1.54) is 11.5 Å². The molecular weight excluding hydrogens is 234 g/mol. The predicted molar refractivity (Wildman–Crippen MR) is 65.7 cm³/mol. The summed E-state index contributed by atoms with van der Waals surface area (Å²) in [5.74, 6) is 0.00263. The quantitative estimate of drug-likeness (QED) is 0.604. The molecular formula is C13H13NO4. The van der Waals surface area contributed by atoms with Crippen molar-refractivity contribution in [1.29, 1.82) is 0 Å². The van der Waals surface area contributed by atoms with Gasteiger partial charge in [-0.15, -0.1) is 0 Å². The van der Waals surface area contributed by atoms with Crippen molar-refractivity contribution in [2.75, 3.05) is 6.61 Å². The van der Waals surface area contributed by atoms with Gasteiger partial charge in [0.1, 0.15) is 5.75 Å². The summed E-state index contributed by atoms with van der Waals surface area (Å²) in [5, 5.41) is 0.874. The maximum Gasteiger partial charge on any atom is 0.418 e. The third-order valence-corrected chi connectivity index (χ3v) is 2.39. The molecule has 2 rings (SSSR count). The molecule has 1 heterocycles. The molecule has 0 saturated heterocycles. The molecule has 0 bridgehead atoms. The van der Waals surface area contributed by atoms with Crippen LogP contribution in [-0.2, 0) is 9.53 Å². The molecule has 5 nitrogen and oxygen atoms in total. The highest BCUT2D eigenvalue weighted by Crippen LogP contribution is 2.22. The van der Waals surface area contributed by atoms with Crippen LogP contribution in [0.5, 0.6) is 5.75 Å². The van der Waals surface area contributed by atoms with Crippen LogP contribution in [0, 0.1) is 0 Å². The minimum Gasteiger partial charge on any atom is -0.449 e. The number of hydrogen-bond acceptors (Lipinski definition) is 4. The van der Waals surface area contributed by atoms with E-state index in [0.29, 0.717) is 17.9 Å². The van der Waals surface area contributed by atoms with Crippen LogP contribution in [0.15, 0.2) is 30.5 Å². The van der Waals surface area contributed by atoms with E-state index in [1.807, 2.05) is 0 Å².